The van der Waals surface area contributed by atoms with E-state index in [1.807, 2.05) is 6.92 Å². The summed E-state index contributed by atoms with van der Waals surface area (Å²) >= 11 is 0. The van der Waals surface area contributed by atoms with E-state index in [9.17, 15) is 0 Å². The van der Waals surface area contributed by atoms with Gasteiger partial charge in [-0.2, -0.15) is 0 Å². The van der Waals surface area contributed by atoms with Crippen LogP contribution in [0.2, 0.25) is 0 Å². The molecule has 1 aromatic heterocycles. The molecule has 0 spiro atoms. The van der Waals surface area contributed by atoms with Gasteiger partial charge >= 0.3 is 0 Å². The van der Waals surface area contributed by atoms with E-state index in [0.717, 1.165) is 25.1 Å². The van der Waals surface area contributed by atoms with Crippen molar-refractivity contribution in [2.24, 2.45) is 10.9 Å². The van der Waals surface area contributed by atoms with Crippen molar-refractivity contribution in [1.82, 2.24) is 4.98 Å². The lowest BCUT2D eigenvalue weighted by molar-refractivity contribution is 0.0662. The second-order valence-corrected chi connectivity index (χ2v) is 4.24. The fourth-order valence-electron chi connectivity index (χ4n) is 1.84. The number of aromatic nitrogens is 1. The summed E-state index contributed by atoms with van der Waals surface area (Å²) < 4.78 is 11.1. The highest BCUT2D eigenvalue weighted by molar-refractivity contribution is 5.99. The summed E-state index contributed by atoms with van der Waals surface area (Å²) in [4.78, 5) is 4.25. The van der Waals surface area contributed by atoms with Gasteiger partial charge in [0.05, 0.1) is 11.7 Å². The van der Waals surface area contributed by atoms with Crippen molar-refractivity contribution in [3.8, 4) is 5.88 Å². The van der Waals surface area contributed by atoms with E-state index >= 15 is 0 Å². The monoisotopic (exact) mass is 251 g/mol. The highest BCUT2D eigenvalue weighted by Crippen LogP contribution is 2.18. The summed E-state index contributed by atoms with van der Waals surface area (Å²) in [6, 6.07) is 3.51. The molecule has 3 N–H and O–H groups in total. The molecule has 6 heteroatoms. The number of hydrogen-bond donors (Lipinski definition) is 2. The Balaban J connectivity index is 2.11. The zero-order valence-corrected chi connectivity index (χ0v) is 10.3. The van der Waals surface area contributed by atoms with Crippen molar-refractivity contribution in [3.05, 3.63) is 23.4 Å². The molecular weight excluding hydrogens is 234 g/mol. The molecule has 6 nitrogen and oxygen atoms in total. The Morgan fingerprint density at radius 2 is 2.50 bits per heavy atom. The van der Waals surface area contributed by atoms with Gasteiger partial charge in [0.15, 0.2) is 5.84 Å². The molecule has 2 rings (SSSR count). The molecule has 2 heterocycles. The standard InChI is InChI=1S/C12H17N3O3/c1-8-4-5-10(11(13)15-16)12(14-8)18-7-9-3-2-6-17-9/h4-5,9,16H,2-3,6-7H2,1H3,(H2,13,15). The van der Waals surface area contributed by atoms with E-state index < -0.39 is 0 Å². The van der Waals surface area contributed by atoms with Crippen LogP contribution in [0.1, 0.15) is 24.1 Å². The second-order valence-electron chi connectivity index (χ2n) is 4.24. The maximum absolute atomic E-state index is 8.72. The number of nitrogens with zero attached hydrogens (tertiary/aromatic N) is 2. The largest absolute Gasteiger partial charge is 0.474 e. The van der Waals surface area contributed by atoms with Gasteiger partial charge in [0.25, 0.3) is 0 Å². The van der Waals surface area contributed by atoms with Crippen LogP contribution in [0.4, 0.5) is 0 Å². The molecule has 1 saturated heterocycles. The molecule has 18 heavy (non-hydrogen) atoms. The van der Waals surface area contributed by atoms with Crippen LogP contribution in [0.25, 0.3) is 0 Å². The number of pyridine rings is 1. The molecule has 1 aliphatic rings. The van der Waals surface area contributed by atoms with E-state index in [1.54, 1.807) is 12.1 Å². The van der Waals surface area contributed by atoms with Gasteiger partial charge in [0.2, 0.25) is 5.88 Å². The third-order valence-corrected chi connectivity index (χ3v) is 2.81. The Kier molecular flexibility index (Phi) is 3.99. The minimum absolute atomic E-state index is 0.00941. The Hall–Kier alpha value is -1.82. The highest BCUT2D eigenvalue weighted by Gasteiger charge is 2.18. The second kappa shape index (κ2) is 5.68. The van der Waals surface area contributed by atoms with E-state index in [1.165, 1.54) is 0 Å². The minimum atomic E-state index is -0.00941. The topological polar surface area (TPSA) is 90.0 Å². The first kappa shape index (κ1) is 12.6. The molecule has 0 aromatic carbocycles. The zero-order valence-electron chi connectivity index (χ0n) is 10.3. The summed E-state index contributed by atoms with van der Waals surface area (Å²) in [5.41, 5.74) is 6.88. The van der Waals surface area contributed by atoms with Crippen LogP contribution in [0.15, 0.2) is 17.3 Å². The van der Waals surface area contributed by atoms with Gasteiger partial charge < -0.3 is 20.4 Å². The number of aryl methyl sites for hydroxylation is 1. The number of amidine groups is 1. The van der Waals surface area contributed by atoms with Gasteiger partial charge in [-0.3, -0.25) is 0 Å². The number of ether oxygens (including phenoxy) is 2. The predicted octanol–water partition coefficient (Wildman–Crippen LogP) is 1.04. The van der Waals surface area contributed by atoms with Gasteiger partial charge in [-0.1, -0.05) is 5.16 Å². The minimum Gasteiger partial charge on any atom is -0.474 e. The number of oxime groups is 1. The summed E-state index contributed by atoms with van der Waals surface area (Å²) in [7, 11) is 0. The van der Waals surface area contributed by atoms with Crippen molar-refractivity contribution in [1.29, 1.82) is 0 Å². The lowest BCUT2D eigenvalue weighted by Crippen LogP contribution is -2.20. The zero-order chi connectivity index (χ0) is 13.0. The van der Waals surface area contributed by atoms with E-state index in [4.69, 9.17) is 20.4 Å². The predicted molar refractivity (Wildman–Crippen MR) is 66.0 cm³/mol. The number of hydrogen-bond acceptors (Lipinski definition) is 5. The van der Waals surface area contributed by atoms with E-state index in [-0.39, 0.29) is 11.9 Å². The molecule has 98 valence electrons. The molecule has 1 aliphatic heterocycles. The van der Waals surface area contributed by atoms with Crippen molar-refractivity contribution >= 4 is 5.84 Å². The lowest BCUT2D eigenvalue weighted by atomic mass is 10.2. The van der Waals surface area contributed by atoms with Crippen molar-refractivity contribution in [2.45, 2.75) is 25.9 Å². The molecule has 0 amide bonds. The molecule has 1 fully saturated rings. The van der Waals surface area contributed by atoms with E-state index in [2.05, 4.69) is 10.1 Å². The van der Waals surface area contributed by atoms with Crippen LogP contribution in [-0.2, 0) is 4.74 Å². The molecule has 0 saturated carbocycles. The Morgan fingerprint density at radius 3 is 3.17 bits per heavy atom. The SMILES string of the molecule is Cc1ccc(C(N)=NO)c(OCC2CCCO2)n1. The summed E-state index contributed by atoms with van der Waals surface area (Å²) in [6.07, 6.45) is 2.15. The smallest absolute Gasteiger partial charge is 0.224 e. The average Bonchev–Trinajstić information content (AvgIpc) is 2.88. The summed E-state index contributed by atoms with van der Waals surface area (Å²) in [6.45, 7) is 3.07. The number of rotatable bonds is 4. The van der Waals surface area contributed by atoms with E-state index in [0.29, 0.717) is 18.1 Å². The van der Waals surface area contributed by atoms with Crippen LogP contribution in [0.5, 0.6) is 5.88 Å². The van der Waals surface area contributed by atoms with Crippen molar-refractivity contribution < 1.29 is 14.7 Å². The van der Waals surface area contributed by atoms with Crippen molar-refractivity contribution in [3.63, 3.8) is 0 Å². The third-order valence-electron chi connectivity index (χ3n) is 2.81. The van der Waals surface area contributed by atoms with Crippen molar-refractivity contribution in [2.75, 3.05) is 13.2 Å². The molecular formula is C12H17N3O3. The van der Waals surface area contributed by atoms with Gasteiger partial charge in [0.1, 0.15) is 6.61 Å². The molecule has 0 aliphatic carbocycles. The summed E-state index contributed by atoms with van der Waals surface area (Å²) in [5.74, 6) is 0.366. The first-order valence-corrected chi connectivity index (χ1v) is 5.90. The number of nitrogens with two attached hydrogens (primary N) is 1. The Bertz CT molecular complexity index is 442. The van der Waals surface area contributed by atoms with Crippen LogP contribution >= 0.6 is 0 Å². The maximum Gasteiger partial charge on any atom is 0.224 e. The fraction of sp³-hybridized carbons (Fsp3) is 0.500. The highest BCUT2D eigenvalue weighted by atomic mass is 16.5. The van der Waals surface area contributed by atoms with Gasteiger partial charge in [-0.15, -0.1) is 0 Å². The third kappa shape index (κ3) is 2.89. The van der Waals surface area contributed by atoms with Crippen LogP contribution in [-0.4, -0.2) is 35.3 Å². The summed E-state index contributed by atoms with van der Waals surface area (Å²) in [5, 5.41) is 11.7. The maximum atomic E-state index is 8.72. The van der Waals surface area contributed by atoms with Crippen LogP contribution < -0.4 is 10.5 Å². The Labute approximate surface area is 105 Å². The molecule has 0 bridgehead atoms. The molecule has 1 atom stereocenters. The Morgan fingerprint density at radius 1 is 1.67 bits per heavy atom. The van der Waals surface area contributed by atoms with Crippen LogP contribution in [0, 0.1) is 6.92 Å². The van der Waals surface area contributed by atoms with Gasteiger partial charge in [-0.25, -0.2) is 4.98 Å². The fourth-order valence-corrected chi connectivity index (χ4v) is 1.84. The van der Waals surface area contributed by atoms with Crippen LogP contribution in [0.3, 0.4) is 0 Å². The average molecular weight is 251 g/mol. The lowest BCUT2D eigenvalue weighted by Gasteiger charge is -2.13. The molecule has 0 radical (unpaired) electrons. The molecule has 1 unspecified atom stereocenters. The first-order chi connectivity index (χ1) is 8.70. The molecule has 1 aromatic rings. The van der Waals surface area contributed by atoms with Gasteiger partial charge in [-0.05, 0) is 31.9 Å². The quantitative estimate of drug-likeness (QED) is 0.361. The first-order valence-electron chi connectivity index (χ1n) is 5.90. The van der Waals surface area contributed by atoms with Gasteiger partial charge in [0, 0.05) is 12.3 Å². The normalized spacial score (nSPS) is 20.1.